The molecule has 0 aromatic carbocycles. The summed E-state index contributed by atoms with van der Waals surface area (Å²) in [5, 5.41) is 3.79. The van der Waals surface area contributed by atoms with Gasteiger partial charge in [-0.2, -0.15) is 0 Å². The number of hydrogen-bond donors (Lipinski definition) is 1. The number of rotatable bonds is 2. The minimum atomic E-state index is 0.373. The molecule has 0 amide bonds. The zero-order valence-electron chi connectivity index (χ0n) is 11.6. The highest BCUT2D eigenvalue weighted by Gasteiger charge is 2.48. The molecule has 2 heteroatoms. The van der Waals surface area contributed by atoms with Gasteiger partial charge >= 0.3 is 0 Å². The van der Waals surface area contributed by atoms with Gasteiger partial charge in [0, 0.05) is 24.7 Å². The van der Waals surface area contributed by atoms with E-state index in [4.69, 9.17) is 0 Å². The first-order valence-electron chi connectivity index (χ1n) is 6.86. The fourth-order valence-corrected chi connectivity index (χ4v) is 3.11. The first-order chi connectivity index (χ1) is 7.38. The molecular formula is C14H28N2. The van der Waals surface area contributed by atoms with Crippen LogP contribution >= 0.6 is 0 Å². The zero-order chi connectivity index (χ0) is 12.0. The average Bonchev–Trinajstić information content (AvgIpc) is 2.99. The second-order valence-corrected chi connectivity index (χ2v) is 6.97. The Kier molecular flexibility index (Phi) is 3.09. The van der Waals surface area contributed by atoms with Crippen LogP contribution in [0.2, 0.25) is 0 Å². The Morgan fingerprint density at radius 2 is 1.94 bits per heavy atom. The number of hydrogen-bond acceptors (Lipinski definition) is 2. The van der Waals surface area contributed by atoms with Crippen molar-refractivity contribution in [1.29, 1.82) is 0 Å². The topological polar surface area (TPSA) is 15.3 Å². The molecule has 0 radical (unpaired) electrons. The quantitative estimate of drug-likeness (QED) is 0.775. The van der Waals surface area contributed by atoms with Crippen LogP contribution in [0, 0.1) is 11.3 Å². The lowest BCUT2D eigenvalue weighted by molar-refractivity contribution is 0.0147. The summed E-state index contributed by atoms with van der Waals surface area (Å²) in [6.45, 7) is 15.4. The van der Waals surface area contributed by atoms with E-state index in [9.17, 15) is 0 Å². The van der Waals surface area contributed by atoms with Crippen LogP contribution in [0.25, 0.3) is 0 Å². The molecule has 1 heterocycles. The second-order valence-electron chi connectivity index (χ2n) is 6.97. The molecule has 94 valence electrons. The SMILES string of the molecule is CCN1CC(C(C)(C)C)NCC1(C)C1CC1. The minimum Gasteiger partial charge on any atom is -0.310 e. The van der Waals surface area contributed by atoms with Crippen LogP contribution in [0.4, 0.5) is 0 Å². The van der Waals surface area contributed by atoms with Crippen molar-refractivity contribution in [3.63, 3.8) is 0 Å². The van der Waals surface area contributed by atoms with E-state index in [2.05, 4.69) is 44.8 Å². The maximum atomic E-state index is 3.79. The summed E-state index contributed by atoms with van der Waals surface area (Å²) in [4.78, 5) is 2.72. The van der Waals surface area contributed by atoms with Gasteiger partial charge in [-0.25, -0.2) is 0 Å². The van der Waals surface area contributed by atoms with E-state index in [-0.39, 0.29) is 0 Å². The Morgan fingerprint density at radius 3 is 2.38 bits per heavy atom. The van der Waals surface area contributed by atoms with Crippen molar-refractivity contribution in [2.24, 2.45) is 11.3 Å². The molecule has 2 fully saturated rings. The molecule has 1 aliphatic carbocycles. The monoisotopic (exact) mass is 224 g/mol. The maximum Gasteiger partial charge on any atom is 0.0334 e. The van der Waals surface area contributed by atoms with Gasteiger partial charge in [-0.05, 0) is 37.6 Å². The number of nitrogens with one attached hydrogen (secondary N) is 1. The Hall–Kier alpha value is -0.0800. The first kappa shape index (κ1) is 12.4. The molecule has 2 aliphatic rings. The Balaban J connectivity index is 2.07. The van der Waals surface area contributed by atoms with Crippen LogP contribution < -0.4 is 5.32 Å². The van der Waals surface area contributed by atoms with Crippen LogP contribution in [0.3, 0.4) is 0 Å². The molecule has 0 bridgehead atoms. The lowest BCUT2D eigenvalue weighted by Gasteiger charge is -2.51. The lowest BCUT2D eigenvalue weighted by atomic mass is 9.81. The molecular weight excluding hydrogens is 196 g/mol. The smallest absolute Gasteiger partial charge is 0.0334 e. The Labute approximate surface area is 101 Å². The van der Waals surface area contributed by atoms with E-state index < -0.39 is 0 Å². The molecule has 1 N–H and O–H groups in total. The van der Waals surface area contributed by atoms with E-state index in [1.807, 2.05) is 0 Å². The molecule has 0 aromatic rings. The predicted octanol–water partition coefficient (Wildman–Crippen LogP) is 2.49. The van der Waals surface area contributed by atoms with Gasteiger partial charge in [-0.3, -0.25) is 4.90 Å². The van der Waals surface area contributed by atoms with Crippen molar-refractivity contribution in [3.8, 4) is 0 Å². The largest absolute Gasteiger partial charge is 0.310 e. The van der Waals surface area contributed by atoms with Gasteiger partial charge < -0.3 is 5.32 Å². The van der Waals surface area contributed by atoms with E-state index in [0.717, 1.165) is 5.92 Å². The first-order valence-corrected chi connectivity index (χ1v) is 6.86. The molecule has 2 atom stereocenters. The maximum absolute atomic E-state index is 3.79. The molecule has 0 spiro atoms. The number of nitrogens with zero attached hydrogens (tertiary/aromatic N) is 1. The predicted molar refractivity (Wildman–Crippen MR) is 69.6 cm³/mol. The number of piperazine rings is 1. The van der Waals surface area contributed by atoms with E-state index in [1.54, 1.807) is 0 Å². The highest BCUT2D eigenvalue weighted by Crippen LogP contribution is 2.44. The Bertz CT molecular complexity index is 252. The summed E-state index contributed by atoms with van der Waals surface area (Å²) >= 11 is 0. The van der Waals surface area contributed by atoms with Gasteiger partial charge in [-0.1, -0.05) is 27.7 Å². The van der Waals surface area contributed by atoms with Crippen molar-refractivity contribution < 1.29 is 0 Å². The lowest BCUT2D eigenvalue weighted by Crippen LogP contribution is -2.66. The summed E-state index contributed by atoms with van der Waals surface area (Å²) in [5.74, 6) is 0.945. The van der Waals surface area contributed by atoms with Crippen LogP contribution in [0.15, 0.2) is 0 Å². The van der Waals surface area contributed by atoms with Crippen molar-refractivity contribution in [1.82, 2.24) is 10.2 Å². The van der Waals surface area contributed by atoms with Crippen molar-refractivity contribution >= 4 is 0 Å². The second kappa shape index (κ2) is 3.99. The third-order valence-electron chi connectivity index (χ3n) is 4.72. The standard InChI is InChI=1S/C14H28N2/c1-6-16-9-12(13(2,3)4)15-10-14(16,5)11-7-8-11/h11-12,15H,6-10H2,1-5H3. The van der Waals surface area contributed by atoms with E-state index in [0.29, 0.717) is 17.0 Å². The van der Waals surface area contributed by atoms with Gasteiger partial charge in [0.25, 0.3) is 0 Å². The van der Waals surface area contributed by atoms with Crippen LogP contribution in [0.5, 0.6) is 0 Å². The number of likely N-dealkylation sites (N-methyl/N-ethyl adjacent to an activating group) is 1. The van der Waals surface area contributed by atoms with E-state index >= 15 is 0 Å². The van der Waals surface area contributed by atoms with Gasteiger partial charge in [0.15, 0.2) is 0 Å². The third-order valence-corrected chi connectivity index (χ3v) is 4.72. The summed E-state index contributed by atoms with van der Waals surface area (Å²) in [6, 6.07) is 0.638. The Morgan fingerprint density at radius 1 is 1.31 bits per heavy atom. The molecule has 0 aromatic heterocycles. The van der Waals surface area contributed by atoms with Crippen molar-refractivity contribution in [2.45, 2.75) is 59.0 Å². The molecule has 2 unspecified atom stereocenters. The molecule has 2 nitrogen and oxygen atoms in total. The van der Waals surface area contributed by atoms with Gasteiger partial charge in [0.2, 0.25) is 0 Å². The fourth-order valence-electron chi connectivity index (χ4n) is 3.11. The average molecular weight is 224 g/mol. The summed E-state index contributed by atoms with van der Waals surface area (Å²) in [7, 11) is 0. The molecule has 16 heavy (non-hydrogen) atoms. The van der Waals surface area contributed by atoms with Crippen LogP contribution in [-0.4, -0.2) is 36.1 Å². The van der Waals surface area contributed by atoms with Crippen molar-refractivity contribution in [3.05, 3.63) is 0 Å². The van der Waals surface area contributed by atoms with Crippen molar-refractivity contribution in [2.75, 3.05) is 19.6 Å². The summed E-state index contributed by atoms with van der Waals surface area (Å²) in [6.07, 6.45) is 2.88. The zero-order valence-corrected chi connectivity index (χ0v) is 11.6. The van der Waals surface area contributed by atoms with Gasteiger partial charge in [-0.15, -0.1) is 0 Å². The fraction of sp³-hybridized carbons (Fsp3) is 1.00. The van der Waals surface area contributed by atoms with Gasteiger partial charge in [0.1, 0.15) is 0 Å². The summed E-state index contributed by atoms with van der Waals surface area (Å²) in [5.41, 5.74) is 0.800. The minimum absolute atomic E-state index is 0.373. The van der Waals surface area contributed by atoms with Crippen LogP contribution in [0.1, 0.15) is 47.5 Å². The normalized spacial score (nSPS) is 37.7. The highest BCUT2D eigenvalue weighted by atomic mass is 15.3. The molecule has 1 aliphatic heterocycles. The summed E-state index contributed by atoms with van der Waals surface area (Å²) < 4.78 is 0. The third kappa shape index (κ3) is 2.14. The van der Waals surface area contributed by atoms with Gasteiger partial charge in [0.05, 0.1) is 0 Å². The molecule has 2 rings (SSSR count). The van der Waals surface area contributed by atoms with E-state index in [1.165, 1.54) is 32.5 Å². The molecule has 1 saturated heterocycles. The van der Waals surface area contributed by atoms with Crippen LogP contribution in [-0.2, 0) is 0 Å². The molecule has 1 saturated carbocycles. The highest BCUT2D eigenvalue weighted by molar-refractivity contribution is 5.06.